The molecule has 0 radical (unpaired) electrons. The first-order valence-corrected chi connectivity index (χ1v) is 7.41. The zero-order valence-electron chi connectivity index (χ0n) is 11.9. The molecule has 0 aromatic heterocycles. The molecule has 1 aliphatic carbocycles. The Balaban J connectivity index is 1.66. The van der Waals surface area contributed by atoms with Gasteiger partial charge in [0.1, 0.15) is 6.61 Å². The summed E-state index contributed by atoms with van der Waals surface area (Å²) in [5.74, 6) is -3.16. The predicted molar refractivity (Wildman–Crippen MR) is 68.4 cm³/mol. The van der Waals surface area contributed by atoms with E-state index in [1.165, 1.54) is 12.8 Å². The Morgan fingerprint density at radius 3 is 2.29 bits per heavy atom. The number of amides is 1. The van der Waals surface area contributed by atoms with Gasteiger partial charge in [-0.3, -0.25) is 4.79 Å². The Hall–Kier alpha value is -0.850. The van der Waals surface area contributed by atoms with E-state index >= 15 is 0 Å². The van der Waals surface area contributed by atoms with Gasteiger partial charge in [-0.05, 0) is 24.7 Å². The van der Waals surface area contributed by atoms with Gasteiger partial charge in [0.2, 0.25) is 5.91 Å². The highest BCUT2D eigenvalue weighted by Crippen LogP contribution is 2.36. The second-order valence-corrected chi connectivity index (χ2v) is 5.97. The van der Waals surface area contributed by atoms with Crippen LogP contribution in [0.3, 0.4) is 0 Å². The van der Waals surface area contributed by atoms with E-state index in [4.69, 9.17) is 0 Å². The molecular weight excluding hydrogens is 290 g/mol. The number of alkyl halides is 4. The van der Waals surface area contributed by atoms with Crippen molar-refractivity contribution < 1.29 is 27.1 Å². The first kappa shape index (κ1) is 16.5. The van der Waals surface area contributed by atoms with E-state index in [-0.39, 0.29) is 18.9 Å². The summed E-state index contributed by atoms with van der Waals surface area (Å²) in [5.41, 5.74) is 0. The Kier molecular flexibility index (Phi) is 5.46. The maximum absolute atomic E-state index is 12.6. The summed E-state index contributed by atoms with van der Waals surface area (Å²) in [7, 11) is 0. The highest BCUT2D eigenvalue weighted by atomic mass is 19.3. The molecule has 21 heavy (non-hydrogen) atoms. The number of likely N-dealkylation sites (tertiary alicyclic amines) is 1. The summed E-state index contributed by atoms with van der Waals surface area (Å²) in [6, 6.07) is 0. The van der Waals surface area contributed by atoms with E-state index in [1.54, 1.807) is 4.90 Å². The van der Waals surface area contributed by atoms with Crippen LogP contribution in [-0.4, -0.2) is 49.5 Å². The molecule has 7 heteroatoms. The molecule has 1 aliphatic heterocycles. The largest absolute Gasteiger partial charge is 0.374 e. The van der Waals surface area contributed by atoms with E-state index in [0.717, 1.165) is 25.9 Å². The lowest BCUT2D eigenvalue weighted by atomic mass is 9.82. The van der Waals surface area contributed by atoms with Crippen LogP contribution in [0.5, 0.6) is 0 Å². The molecule has 1 saturated heterocycles. The number of ether oxygens (including phenoxy) is 1. The van der Waals surface area contributed by atoms with Crippen molar-refractivity contribution >= 4 is 5.91 Å². The summed E-state index contributed by atoms with van der Waals surface area (Å²) in [6.45, 7) is -0.121. The summed E-state index contributed by atoms with van der Waals surface area (Å²) < 4.78 is 53.6. The van der Waals surface area contributed by atoms with Crippen LogP contribution >= 0.6 is 0 Å². The number of nitrogens with zero attached hydrogens (tertiary/aromatic N) is 1. The lowest BCUT2D eigenvalue weighted by molar-refractivity contribution is -0.167. The monoisotopic (exact) mass is 311 g/mol. The van der Waals surface area contributed by atoms with Crippen LogP contribution in [0.25, 0.3) is 0 Å². The number of carbonyl (C=O) groups is 1. The minimum absolute atomic E-state index is 0.0290. The van der Waals surface area contributed by atoms with Crippen LogP contribution < -0.4 is 0 Å². The van der Waals surface area contributed by atoms with Crippen LogP contribution in [0, 0.1) is 11.8 Å². The highest BCUT2D eigenvalue weighted by molar-refractivity contribution is 5.76. The molecule has 1 heterocycles. The van der Waals surface area contributed by atoms with Gasteiger partial charge in [-0.2, -0.15) is 8.78 Å². The number of halogens is 4. The van der Waals surface area contributed by atoms with E-state index in [9.17, 15) is 22.4 Å². The molecule has 2 fully saturated rings. The van der Waals surface area contributed by atoms with Gasteiger partial charge in [-0.25, -0.2) is 8.78 Å². The second-order valence-electron chi connectivity index (χ2n) is 5.97. The van der Waals surface area contributed by atoms with Gasteiger partial charge in [0.05, 0.1) is 13.0 Å². The lowest BCUT2D eigenvalue weighted by Gasteiger charge is -2.22. The summed E-state index contributed by atoms with van der Waals surface area (Å²) in [6.07, 6.45) is 0.926. The molecule has 1 saturated carbocycles. The van der Waals surface area contributed by atoms with Crippen molar-refractivity contribution in [3.8, 4) is 0 Å². The topological polar surface area (TPSA) is 29.5 Å². The third-order valence-corrected chi connectivity index (χ3v) is 4.40. The Morgan fingerprint density at radius 1 is 1.19 bits per heavy atom. The molecule has 0 unspecified atom stereocenters. The molecule has 2 aliphatic rings. The van der Waals surface area contributed by atoms with Gasteiger partial charge in [0.15, 0.2) is 0 Å². The van der Waals surface area contributed by atoms with Gasteiger partial charge in [0, 0.05) is 13.1 Å². The lowest BCUT2D eigenvalue weighted by Crippen LogP contribution is -2.34. The van der Waals surface area contributed by atoms with Crippen molar-refractivity contribution in [2.75, 3.05) is 26.3 Å². The summed E-state index contributed by atoms with van der Waals surface area (Å²) >= 11 is 0. The first-order chi connectivity index (χ1) is 9.90. The molecule has 0 N–H and O–H groups in total. The van der Waals surface area contributed by atoms with Crippen molar-refractivity contribution in [3.05, 3.63) is 0 Å². The fourth-order valence-corrected chi connectivity index (χ4v) is 3.20. The van der Waals surface area contributed by atoms with Crippen LogP contribution in [0.1, 0.15) is 32.1 Å². The average molecular weight is 311 g/mol. The van der Waals surface area contributed by atoms with E-state index in [2.05, 4.69) is 4.74 Å². The molecule has 1 amide bonds. The Labute approximate surface area is 121 Å². The van der Waals surface area contributed by atoms with Crippen LogP contribution in [0.4, 0.5) is 17.6 Å². The van der Waals surface area contributed by atoms with Crippen LogP contribution in [0.15, 0.2) is 0 Å². The summed E-state index contributed by atoms with van der Waals surface area (Å²) in [5, 5.41) is 0. The van der Waals surface area contributed by atoms with Gasteiger partial charge in [-0.15, -0.1) is 0 Å². The average Bonchev–Trinajstić information content (AvgIpc) is 2.87. The maximum atomic E-state index is 12.6. The van der Waals surface area contributed by atoms with Crippen molar-refractivity contribution in [1.29, 1.82) is 0 Å². The molecule has 3 nitrogen and oxygen atoms in total. The molecule has 122 valence electrons. The molecule has 0 bridgehead atoms. The van der Waals surface area contributed by atoms with Gasteiger partial charge in [-0.1, -0.05) is 12.8 Å². The van der Waals surface area contributed by atoms with Crippen molar-refractivity contribution in [2.24, 2.45) is 11.8 Å². The summed E-state index contributed by atoms with van der Waals surface area (Å²) in [4.78, 5) is 13.7. The zero-order chi connectivity index (χ0) is 15.5. The molecule has 0 spiro atoms. The number of fused-ring (bicyclic) bond motifs is 1. The van der Waals surface area contributed by atoms with Gasteiger partial charge < -0.3 is 9.64 Å². The first-order valence-electron chi connectivity index (χ1n) is 7.41. The number of carbonyl (C=O) groups excluding carboxylic acids is 1. The molecule has 2 rings (SSSR count). The third kappa shape index (κ3) is 4.31. The van der Waals surface area contributed by atoms with Crippen LogP contribution in [0.2, 0.25) is 0 Å². The number of rotatable bonds is 6. The molecule has 0 aromatic rings. The molecule has 0 aromatic carbocycles. The number of hydrogen-bond acceptors (Lipinski definition) is 2. The fourth-order valence-electron chi connectivity index (χ4n) is 3.20. The van der Waals surface area contributed by atoms with Gasteiger partial charge in [0.25, 0.3) is 0 Å². The fraction of sp³-hybridized carbons (Fsp3) is 0.929. The molecular formula is C14H21F4NO2. The van der Waals surface area contributed by atoms with E-state index < -0.39 is 19.0 Å². The molecule has 2 atom stereocenters. The van der Waals surface area contributed by atoms with Gasteiger partial charge >= 0.3 is 12.3 Å². The van der Waals surface area contributed by atoms with E-state index in [0.29, 0.717) is 11.8 Å². The maximum Gasteiger partial charge on any atom is 0.330 e. The normalized spacial score (nSPS) is 26.2. The quantitative estimate of drug-likeness (QED) is 0.557. The third-order valence-electron chi connectivity index (χ3n) is 4.40. The Morgan fingerprint density at radius 2 is 1.76 bits per heavy atom. The smallest absolute Gasteiger partial charge is 0.330 e. The Bertz CT molecular complexity index is 351. The van der Waals surface area contributed by atoms with Crippen molar-refractivity contribution in [2.45, 2.75) is 44.5 Å². The van der Waals surface area contributed by atoms with Crippen molar-refractivity contribution in [1.82, 2.24) is 4.90 Å². The van der Waals surface area contributed by atoms with E-state index in [1.807, 2.05) is 0 Å². The zero-order valence-corrected chi connectivity index (χ0v) is 11.9. The minimum atomic E-state index is -4.15. The van der Waals surface area contributed by atoms with Crippen molar-refractivity contribution in [3.63, 3.8) is 0 Å². The minimum Gasteiger partial charge on any atom is -0.374 e. The predicted octanol–water partition coefficient (Wildman–Crippen LogP) is 2.94. The standard InChI is InChI=1S/C14H21F4NO2/c15-13(16)14(17,18)9-21-6-5-12(20)19-7-10-3-1-2-4-11(10)8-19/h10-11,13H,1-9H2/t10-,11+. The second kappa shape index (κ2) is 6.94. The SMILES string of the molecule is O=C(CCOCC(F)(F)C(F)F)N1C[C@H]2CCCC[C@H]2C1. The van der Waals surface area contributed by atoms with Crippen LogP contribution in [-0.2, 0) is 9.53 Å². The number of hydrogen-bond donors (Lipinski definition) is 0. The highest BCUT2D eigenvalue weighted by Gasteiger charge is 2.41.